The second-order valence-corrected chi connectivity index (χ2v) is 9.48. The number of hydrogen-bond donors (Lipinski definition) is 1. The minimum atomic E-state index is -0.924. The van der Waals surface area contributed by atoms with Crippen LogP contribution in [0.5, 0.6) is 11.5 Å². The number of nitrogens with one attached hydrogen (secondary N) is 1. The fourth-order valence-electron chi connectivity index (χ4n) is 3.40. The first kappa shape index (κ1) is 25.9. The van der Waals surface area contributed by atoms with Crippen LogP contribution in [-0.4, -0.2) is 25.0 Å². The number of hydrogen-bond acceptors (Lipinski definition) is 5. The quantitative estimate of drug-likeness (QED) is 0.203. The Morgan fingerprint density at radius 3 is 2.42 bits per heavy atom. The molecular formula is C25H16Cl2FIN2O5. The van der Waals surface area contributed by atoms with Gasteiger partial charge in [-0.2, -0.15) is 0 Å². The molecule has 184 valence electrons. The van der Waals surface area contributed by atoms with E-state index in [1.807, 2.05) is 22.6 Å². The van der Waals surface area contributed by atoms with Gasteiger partial charge in [0.15, 0.2) is 11.5 Å². The molecule has 1 aliphatic rings. The fraction of sp³-hybridized carbons (Fsp3) is 0.0800. The molecule has 1 N–H and O–H groups in total. The number of nitrogens with zero attached hydrogens (tertiary/aromatic N) is 1. The van der Waals surface area contributed by atoms with Crippen LogP contribution in [0.4, 0.5) is 14.9 Å². The smallest absolute Gasteiger partial charge is 0.335 e. The van der Waals surface area contributed by atoms with Gasteiger partial charge in [-0.1, -0.05) is 29.3 Å². The molecule has 11 heteroatoms. The zero-order chi connectivity index (χ0) is 26.0. The van der Waals surface area contributed by atoms with Crippen LogP contribution in [0.2, 0.25) is 10.0 Å². The lowest BCUT2D eigenvalue weighted by Gasteiger charge is -2.26. The predicted octanol–water partition coefficient (Wildman–Crippen LogP) is 5.99. The molecule has 1 aliphatic heterocycles. The zero-order valence-corrected chi connectivity index (χ0v) is 22.2. The summed E-state index contributed by atoms with van der Waals surface area (Å²) in [6.45, 7) is 0.194. The number of halogens is 4. The van der Waals surface area contributed by atoms with Gasteiger partial charge < -0.3 is 9.47 Å². The molecule has 7 nitrogen and oxygen atoms in total. The number of methoxy groups -OCH3 is 1. The molecule has 4 amide bonds. The predicted molar refractivity (Wildman–Crippen MR) is 142 cm³/mol. The van der Waals surface area contributed by atoms with Gasteiger partial charge in [0, 0.05) is 0 Å². The number of benzene rings is 3. The van der Waals surface area contributed by atoms with Gasteiger partial charge in [-0.3, -0.25) is 14.9 Å². The van der Waals surface area contributed by atoms with Crippen molar-refractivity contribution in [3.05, 3.63) is 90.7 Å². The maximum Gasteiger partial charge on any atom is 0.335 e. The maximum atomic E-state index is 13.3. The lowest BCUT2D eigenvalue weighted by molar-refractivity contribution is -0.122. The number of imide groups is 2. The molecule has 1 fully saturated rings. The molecular weight excluding hydrogens is 625 g/mol. The zero-order valence-electron chi connectivity index (χ0n) is 18.5. The van der Waals surface area contributed by atoms with Gasteiger partial charge in [0.05, 0.1) is 26.4 Å². The number of anilines is 1. The average molecular weight is 641 g/mol. The average Bonchev–Trinajstić information content (AvgIpc) is 2.84. The summed E-state index contributed by atoms with van der Waals surface area (Å²) in [6.07, 6.45) is 1.34. The van der Waals surface area contributed by atoms with Crippen LogP contribution in [-0.2, 0) is 16.2 Å². The Morgan fingerprint density at radius 1 is 1.03 bits per heavy atom. The molecule has 0 atom stereocenters. The molecule has 36 heavy (non-hydrogen) atoms. The van der Waals surface area contributed by atoms with Crippen molar-refractivity contribution in [3.63, 3.8) is 0 Å². The summed E-state index contributed by atoms with van der Waals surface area (Å²) < 4.78 is 25.4. The van der Waals surface area contributed by atoms with Crippen molar-refractivity contribution in [2.75, 3.05) is 12.0 Å². The van der Waals surface area contributed by atoms with E-state index < -0.39 is 23.7 Å². The lowest BCUT2D eigenvalue weighted by atomic mass is 10.1. The monoisotopic (exact) mass is 640 g/mol. The van der Waals surface area contributed by atoms with E-state index in [2.05, 4.69) is 5.32 Å². The van der Waals surface area contributed by atoms with Crippen molar-refractivity contribution in [2.24, 2.45) is 0 Å². The molecule has 0 unspecified atom stereocenters. The Balaban J connectivity index is 1.63. The summed E-state index contributed by atoms with van der Waals surface area (Å²) in [5.74, 6) is -1.40. The van der Waals surface area contributed by atoms with E-state index in [0.717, 1.165) is 22.6 Å². The first-order valence-corrected chi connectivity index (χ1v) is 12.1. The van der Waals surface area contributed by atoms with Gasteiger partial charge >= 0.3 is 6.03 Å². The van der Waals surface area contributed by atoms with Crippen molar-refractivity contribution >= 4 is 75.4 Å². The van der Waals surface area contributed by atoms with E-state index in [1.165, 1.54) is 25.3 Å². The van der Waals surface area contributed by atoms with E-state index in [1.54, 1.807) is 30.3 Å². The third-order valence-electron chi connectivity index (χ3n) is 5.12. The Kier molecular flexibility index (Phi) is 7.82. The Bertz CT molecular complexity index is 1410. The number of barbiturate groups is 1. The van der Waals surface area contributed by atoms with Crippen molar-refractivity contribution in [1.82, 2.24) is 5.32 Å². The largest absolute Gasteiger partial charge is 0.493 e. The summed E-state index contributed by atoms with van der Waals surface area (Å²) in [5, 5.41) is 2.98. The maximum absolute atomic E-state index is 13.3. The molecule has 0 aromatic heterocycles. The van der Waals surface area contributed by atoms with E-state index in [4.69, 9.17) is 32.7 Å². The number of carbonyl (C=O) groups excluding carboxylic acids is 3. The van der Waals surface area contributed by atoms with E-state index in [9.17, 15) is 18.8 Å². The molecule has 3 aromatic rings. The van der Waals surface area contributed by atoms with Crippen LogP contribution in [0.25, 0.3) is 6.08 Å². The first-order valence-electron chi connectivity index (χ1n) is 10.3. The summed E-state index contributed by atoms with van der Waals surface area (Å²) in [6, 6.07) is 12.3. The van der Waals surface area contributed by atoms with Gasteiger partial charge in [0.25, 0.3) is 11.8 Å². The number of amides is 4. The standard InChI is InChI=1S/C25H16Cl2FIN2O5/c1-35-21-11-14(10-20(29)22(21)36-12-13-2-7-18(26)19(27)9-13)8-17-23(32)30-25(34)31(24(17)33)16-5-3-15(28)4-6-16/h2-11H,12H2,1H3,(H,30,32,34)/b17-8+. The number of carbonyl (C=O) groups is 3. The minimum Gasteiger partial charge on any atom is -0.493 e. The van der Waals surface area contributed by atoms with E-state index in [-0.39, 0.29) is 17.9 Å². The Labute approximate surface area is 228 Å². The molecule has 1 saturated heterocycles. The van der Waals surface area contributed by atoms with Crippen LogP contribution < -0.4 is 19.7 Å². The van der Waals surface area contributed by atoms with Crippen LogP contribution in [0.3, 0.4) is 0 Å². The highest BCUT2D eigenvalue weighted by atomic mass is 127. The van der Waals surface area contributed by atoms with Gasteiger partial charge in [0.2, 0.25) is 0 Å². The van der Waals surface area contributed by atoms with Crippen molar-refractivity contribution in [2.45, 2.75) is 6.61 Å². The second-order valence-electron chi connectivity index (χ2n) is 7.51. The lowest BCUT2D eigenvalue weighted by Crippen LogP contribution is -2.54. The van der Waals surface area contributed by atoms with Gasteiger partial charge in [0.1, 0.15) is 18.0 Å². The molecule has 1 heterocycles. The molecule has 0 bridgehead atoms. The molecule has 3 aromatic carbocycles. The van der Waals surface area contributed by atoms with Crippen molar-refractivity contribution in [3.8, 4) is 11.5 Å². The molecule has 0 aliphatic carbocycles. The molecule has 0 radical (unpaired) electrons. The van der Waals surface area contributed by atoms with Crippen molar-refractivity contribution < 1.29 is 28.2 Å². The SMILES string of the molecule is COc1cc(/C=C2\C(=O)NC(=O)N(c3ccc(F)cc3)C2=O)cc(I)c1OCc1ccc(Cl)c(Cl)c1. The molecule has 4 rings (SSSR count). The number of ether oxygens (including phenoxy) is 2. The van der Waals surface area contributed by atoms with Gasteiger partial charge in [-0.15, -0.1) is 0 Å². The molecule has 0 spiro atoms. The van der Waals surface area contributed by atoms with Gasteiger partial charge in [-0.25, -0.2) is 14.1 Å². The minimum absolute atomic E-state index is 0.121. The highest BCUT2D eigenvalue weighted by Gasteiger charge is 2.36. The first-order chi connectivity index (χ1) is 17.2. The normalized spacial score (nSPS) is 14.8. The van der Waals surface area contributed by atoms with Crippen LogP contribution in [0.15, 0.2) is 60.2 Å². The van der Waals surface area contributed by atoms with Crippen LogP contribution >= 0.6 is 45.8 Å². The Morgan fingerprint density at radius 2 is 1.75 bits per heavy atom. The number of urea groups is 1. The third-order valence-corrected chi connectivity index (χ3v) is 6.66. The highest BCUT2D eigenvalue weighted by molar-refractivity contribution is 14.1. The second kappa shape index (κ2) is 10.9. The summed E-state index contributed by atoms with van der Waals surface area (Å²) in [7, 11) is 1.46. The van der Waals surface area contributed by atoms with Crippen LogP contribution in [0, 0.1) is 9.39 Å². The number of rotatable bonds is 6. The van der Waals surface area contributed by atoms with E-state index >= 15 is 0 Å². The summed E-state index contributed by atoms with van der Waals surface area (Å²) in [5.41, 5.74) is 1.10. The highest BCUT2D eigenvalue weighted by Crippen LogP contribution is 2.36. The topological polar surface area (TPSA) is 84.9 Å². The summed E-state index contributed by atoms with van der Waals surface area (Å²) in [4.78, 5) is 38.6. The van der Waals surface area contributed by atoms with E-state index in [0.29, 0.717) is 30.7 Å². The third kappa shape index (κ3) is 5.48. The molecule has 0 saturated carbocycles. The van der Waals surface area contributed by atoms with Crippen LogP contribution in [0.1, 0.15) is 11.1 Å². The summed E-state index contributed by atoms with van der Waals surface area (Å²) >= 11 is 14.1. The van der Waals surface area contributed by atoms with Crippen molar-refractivity contribution in [1.29, 1.82) is 0 Å². The van der Waals surface area contributed by atoms with Gasteiger partial charge in [-0.05, 0) is 88.3 Å². The Hall–Kier alpha value is -3.15. The fourth-order valence-corrected chi connectivity index (χ4v) is 4.50.